The highest BCUT2D eigenvalue weighted by molar-refractivity contribution is 5.89. The summed E-state index contributed by atoms with van der Waals surface area (Å²) in [4.78, 5) is 24.1. The molecule has 1 saturated heterocycles. The SMILES string of the molecule is CCOC(=O)N1C(=O)O[C@H]2CCCC[C@H]21. The van der Waals surface area contributed by atoms with Crippen LogP contribution in [0.15, 0.2) is 0 Å². The zero-order valence-electron chi connectivity index (χ0n) is 8.77. The van der Waals surface area contributed by atoms with E-state index in [1.54, 1.807) is 6.92 Å². The number of rotatable bonds is 1. The molecule has 2 fully saturated rings. The van der Waals surface area contributed by atoms with Gasteiger partial charge in [0.25, 0.3) is 0 Å². The maximum atomic E-state index is 11.5. The van der Waals surface area contributed by atoms with Crippen LogP contribution in [0.3, 0.4) is 0 Å². The molecule has 0 unspecified atom stereocenters. The van der Waals surface area contributed by atoms with Crippen molar-refractivity contribution in [1.29, 1.82) is 0 Å². The average molecular weight is 213 g/mol. The second kappa shape index (κ2) is 4.08. The fourth-order valence-electron chi connectivity index (χ4n) is 2.23. The zero-order chi connectivity index (χ0) is 10.8. The van der Waals surface area contributed by atoms with Crippen LogP contribution in [0.2, 0.25) is 0 Å². The largest absolute Gasteiger partial charge is 0.449 e. The summed E-state index contributed by atoms with van der Waals surface area (Å²) in [5.74, 6) is 0. The Kier molecular flexibility index (Phi) is 2.79. The number of hydrogen-bond donors (Lipinski definition) is 0. The van der Waals surface area contributed by atoms with Crippen molar-refractivity contribution in [3.63, 3.8) is 0 Å². The van der Waals surface area contributed by atoms with E-state index in [1.165, 1.54) is 0 Å². The number of carbonyl (C=O) groups excluding carboxylic acids is 2. The maximum absolute atomic E-state index is 11.5. The molecular formula is C10H15NO4. The van der Waals surface area contributed by atoms with Gasteiger partial charge in [-0.2, -0.15) is 0 Å². The third-order valence-corrected chi connectivity index (χ3v) is 2.91. The van der Waals surface area contributed by atoms with Crippen LogP contribution in [0.1, 0.15) is 32.6 Å². The molecule has 0 aromatic rings. The Balaban J connectivity index is 2.09. The topological polar surface area (TPSA) is 55.8 Å². The number of nitrogens with zero attached hydrogens (tertiary/aromatic N) is 1. The molecule has 0 spiro atoms. The van der Waals surface area contributed by atoms with Crippen LogP contribution < -0.4 is 0 Å². The molecule has 0 radical (unpaired) electrons. The molecule has 0 bridgehead atoms. The first kappa shape index (κ1) is 10.3. The third kappa shape index (κ3) is 1.78. The van der Waals surface area contributed by atoms with Crippen LogP contribution in [-0.4, -0.2) is 35.8 Å². The Labute approximate surface area is 88.3 Å². The molecule has 1 saturated carbocycles. The van der Waals surface area contributed by atoms with Crippen molar-refractivity contribution >= 4 is 12.2 Å². The maximum Gasteiger partial charge on any atom is 0.420 e. The van der Waals surface area contributed by atoms with Gasteiger partial charge in [0.2, 0.25) is 0 Å². The molecule has 0 aromatic heterocycles. The number of fused-ring (bicyclic) bond motifs is 1. The molecule has 2 rings (SSSR count). The molecule has 15 heavy (non-hydrogen) atoms. The van der Waals surface area contributed by atoms with Gasteiger partial charge in [-0.05, 0) is 26.2 Å². The lowest BCUT2D eigenvalue weighted by molar-refractivity contribution is 0.104. The van der Waals surface area contributed by atoms with Gasteiger partial charge >= 0.3 is 12.2 Å². The van der Waals surface area contributed by atoms with Gasteiger partial charge in [-0.15, -0.1) is 0 Å². The van der Waals surface area contributed by atoms with Gasteiger partial charge in [-0.3, -0.25) is 0 Å². The summed E-state index contributed by atoms with van der Waals surface area (Å²) in [6.45, 7) is 2.00. The van der Waals surface area contributed by atoms with Crippen LogP contribution >= 0.6 is 0 Å². The first-order chi connectivity index (χ1) is 7.24. The summed E-state index contributed by atoms with van der Waals surface area (Å²) in [6.07, 6.45) is 2.54. The van der Waals surface area contributed by atoms with Gasteiger partial charge in [0.15, 0.2) is 0 Å². The molecule has 84 valence electrons. The van der Waals surface area contributed by atoms with Gasteiger partial charge in [0, 0.05) is 0 Å². The molecule has 5 nitrogen and oxygen atoms in total. The van der Waals surface area contributed by atoms with Crippen LogP contribution in [0.4, 0.5) is 9.59 Å². The van der Waals surface area contributed by atoms with Gasteiger partial charge in [-0.1, -0.05) is 6.42 Å². The zero-order valence-corrected chi connectivity index (χ0v) is 8.77. The molecule has 2 amide bonds. The molecular weight excluding hydrogens is 198 g/mol. The minimum Gasteiger partial charge on any atom is -0.449 e. The van der Waals surface area contributed by atoms with Gasteiger partial charge < -0.3 is 9.47 Å². The number of carbonyl (C=O) groups is 2. The van der Waals surface area contributed by atoms with E-state index in [1.807, 2.05) is 0 Å². The van der Waals surface area contributed by atoms with Crippen LogP contribution in [0.5, 0.6) is 0 Å². The lowest BCUT2D eigenvalue weighted by Gasteiger charge is -2.25. The monoisotopic (exact) mass is 213 g/mol. The Hall–Kier alpha value is -1.26. The highest BCUT2D eigenvalue weighted by atomic mass is 16.6. The second-order valence-corrected chi connectivity index (χ2v) is 3.84. The number of hydrogen-bond acceptors (Lipinski definition) is 4. The van der Waals surface area contributed by atoms with Crippen molar-refractivity contribution in [2.45, 2.75) is 44.8 Å². The Morgan fingerprint density at radius 1 is 1.53 bits per heavy atom. The van der Waals surface area contributed by atoms with E-state index >= 15 is 0 Å². The molecule has 1 heterocycles. The molecule has 1 aliphatic heterocycles. The van der Waals surface area contributed by atoms with Crippen molar-refractivity contribution in [3.05, 3.63) is 0 Å². The third-order valence-electron chi connectivity index (χ3n) is 2.91. The first-order valence-corrected chi connectivity index (χ1v) is 5.40. The quantitative estimate of drug-likeness (QED) is 0.667. The van der Waals surface area contributed by atoms with Gasteiger partial charge in [0.05, 0.1) is 12.6 Å². The van der Waals surface area contributed by atoms with Crippen molar-refractivity contribution in [1.82, 2.24) is 4.90 Å². The molecule has 2 atom stereocenters. The van der Waals surface area contributed by atoms with Crippen molar-refractivity contribution < 1.29 is 19.1 Å². The van der Waals surface area contributed by atoms with Crippen LogP contribution in [0, 0.1) is 0 Å². The summed E-state index contributed by atoms with van der Waals surface area (Å²) in [5, 5.41) is 0. The number of ether oxygens (including phenoxy) is 2. The highest BCUT2D eigenvalue weighted by Crippen LogP contribution is 2.32. The van der Waals surface area contributed by atoms with E-state index in [9.17, 15) is 9.59 Å². The number of imide groups is 1. The summed E-state index contributed by atoms with van der Waals surface area (Å²) in [7, 11) is 0. The predicted octanol–water partition coefficient (Wildman–Crippen LogP) is 1.91. The minimum atomic E-state index is -0.572. The molecule has 5 heteroatoms. The Morgan fingerprint density at radius 2 is 2.27 bits per heavy atom. The number of amides is 2. The minimum absolute atomic E-state index is 0.106. The Morgan fingerprint density at radius 3 is 3.00 bits per heavy atom. The highest BCUT2D eigenvalue weighted by Gasteiger charge is 2.46. The Bertz CT molecular complexity index is 279. The predicted molar refractivity (Wildman–Crippen MR) is 51.4 cm³/mol. The molecule has 1 aliphatic carbocycles. The van der Waals surface area contributed by atoms with Crippen LogP contribution in [-0.2, 0) is 9.47 Å². The summed E-state index contributed by atoms with van der Waals surface area (Å²) in [5.41, 5.74) is 0. The summed E-state index contributed by atoms with van der Waals surface area (Å²) >= 11 is 0. The van der Waals surface area contributed by atoms with E-state index in [-0.39, 0.29) is 18.8 Å². The van der Waals surface area contributed by atoms with E-state index in [2.05, 4.69) is 0 Å². The summed E-state index contributed by atoms with van der Waals surface area (Å²) < 4.78 is 9.96. The molecule has 0 aromatic carbocycles. The standard InChI is InChI=1S/C10H15NO4/c1-2-14-9(12)11-7-5-3-4-6-8(7)15-10(11)13/h7-8H,2-6H2,1H3/t7-,8+/m1/s1. The average Bonchev–Trinajstić information content (AvgIpc) is 2.54. The van der Waals surface area contributed by atoms with Crippen LogP contribution in [0.25, 0.3) is 0 Å². The smallest absolute Gasteiger partial charge is 0.420 e. The van der Waals surface area contributed by atoms with E-state index in [0.717, 1.165) is 30.6 Å². The first-order valence-electron chi connectivity index (χ1n) is 5.40. The molecule has 0 N–H and O–H groups in total. The fourth-order valence-corrected chi connectivity index (χ4v) is 2.23. The van der Waals surface area contributed by atoms with Crippen molar-refractivity contribution in [2.24, 2.45) is 0 Å². The van der Waals surface area contributed by atoms with E-state index in [0.29, 0.717) is 0 Å². The lowest BCUT2D eigenvalue weighted by atomic mass is 9.92. The van der Waals surface area contributed by atoms with Gasteiger partial charge in [-0.25, -0.2) is 14.5 Å². The van der Waals surface area contributed by atoms with Crippen molar-refractivity contribution in [2.75, 3.05) is 6.61 Å². The normalized spacial score (nSPS) is 29.7. The lowest BCUT2D eigenvalue weighted by Crippen LogP contribution is -2.42. The molecule has 2 aliphatic rings. The van der Waals surface area contributed by atoms with Crippen molar-refractivity contribution in [3.8, 4) is 0 Å². The van der Waals surface area contributed by atoms with E-state index in [4.69, 9.17) is 9.47 Å². The fraction of sp³-hybridized carbons (Fsp3) is 0.800. The van der Waals surface area contributed by atoms with Gasteiger partial charge in [0.1, 0.15) is 6.10 Å². The second-order valence-electron chi connectivity index (χ2n) is 3.84. The van der Waals surface area contributed by atoms with E-state index < -0.39 is 12.2 Å². The summed E-state index contributed by atoms with van der Waals surface area (Å²) in [6, 6.07) is -0.106.